The van der Waals surface area contributed by atoms with Crippen LogP contribution in [0.2, 0.25) is 0 Å². The molecule has 1 saturated carbocycles. The zero-order valence-corrected chi connectivity index (χ0v) is 9.61. The number of carbonyl (C=O) groups is 1. The van der Waals surface area contributed by atoms with Gasteiger partial charge in [-0.25, -0.2) is 4.79 Å². The predicted octanol–water partition coefficient (Wildman–Crippen LogP) is 3.27. The van der Waals surface area contributed by atoms with E-state index >= 15 is 0 Å². The lowest BCUT2D eigenvalue weighted by molar-refractivity contribution is 0.0312. The van der Waals surface area contributed by atoms with Crippen LogP contribution in [-0.2, 0) is 4.74 Å². The van der Waals surface area contributed by atoms with Crippen molar-refractivity contribution in [3.8, 4) is 0 Å². The maximum absolute atomic E-state index is 11.9. The Bertz CT molecular complexity index is 505. The van der Waals surface area contributed by atoms with Crippen molar-refractivity contribution in [3.63, 3.8) is 0 Å². The average molecular weight is 229 g/mol. The van der Waals surface area contributed by atoms with Crippen LogP contribution in [0.15, 0.2) is 30.3 Å². The Hall–Kier alpha value is -1.77. The summed E-state index contributed by atoms with van der Waals surface area (Å²) >= 11 is 0. The third-order valence-electron chi connectivity index (χ3n) is 3.33. The van der Waals surface area contributed by atoms with Gasteiger partial charge in [-0.05, 0) is 37.8 Å². The first-order valence-corrected chi connectivity index (χ1v) is 6.12. The van der Waals surface area contributed by atoms with Crippen LogP contribution in [0.25, 0.3) is 10.9 Å². The fraction of sp³-hybridized carbons (Fsp3) is 0.357. The lowest BCUT2D eigenvalue weighted by Crippen LogP contribution is -2.14. The highest BCUT2D eigenvalue weighted by molar-refractivity contribution is 5.94. The van der Waals surface area contributed by atoms with Gasteiger partial charge in [-0.1, -0.05) is 18.2 Å². The Labute approximate surface area is 99.8 Å². The monoisotopic (exact) mass is 229 g/mol. The van der Waals surface area contributed by atoms with Crippen molar-refractivity contribution in [1.29, 1.82) is 0 Å². The highest BCUT2D eigenvalue weighted by Gasteiger charge is 2.20. The van der Waals surface area contributed by atoms with E-state index in [0.717, 1.165) is 23.7 Å². The third-order valence-corrected chi connectivity index (χ3v) is 3.33. The second kappa shape index (κ2) is 4.24. The highest BCUT2D eigenvalue weighted by atomic mass is 16.5. The summed E-state index contributed by atoms with van der Waals surface area (Å²) in [6, 6.07) is 9.71. The van der Waals surface area contributed by atoms with Gasteiger partial charge >= 0.3 is 5.97 Å². The van der Waals surface area contributed by atoms with Gasteiger partial charge in [0.15, 0.2) is 0 Å². The van der Waals surface area contributed by atoms with Crippen molar-refractivity contribution in [2.75, 3.05) is 0 Å². The summed E-state index contributed by atoms with van der Waals surface area (Å²) < 4.78 is 5.46. The number of esters is 1. The third kappa shape index (κ3) is 2.05. The summed E-state index contributed by atoms with van der Waals surface area (Å²) in [6.45, 7) is 0. The van der Waals surface area contributed by atoms with Gasteiger partial charge in [-0.2, -0.15) is 0 Å². The number of hydrogen-bond acceptors (Lipinski definition) is 2. The van der Waals surface area contributed by atoms with Gasteiger partial charge in [0.2, 0.25) is 0 Å². The summed E-state index contributed by atoms with van der Waals surface area (Å²) in [4.78, 5) is 15.0. The number of H-pyrrole nitrogens is 1. The number of aromatic nitrogens is 1. The number of benzene rings is 1. The number of para-hydroxylation sites is 1. The van der Waals surface area contributed by atoms with Gasteiger partial charge in [0, 0.05) is 10.9 Å². The number of carbonyl (C=O) groups excluding carboxylic acids is 1. The van der Waals surface area contributed by atoms with Gasteiger partial charge in [0.25, 0.3) is 0 Å². The fourth-order valence-corrected chi connectivity index (χ4v) is 2.40. The van der Waals surface area contributed by atoms with E-state index in [1.165, 1.54) is 12.8 Å². The SMILES string of the molecule is O=C(OC1CCCC1)c1cc2ccccc2[nH]1. The molecule has 1 aliphatic carbocycles. The van der Waals surface area contributed by atoms with Crippen molar-refractivity contribution in [2.45, 2.75) is 31.8 Å². The molecule has 0 aliphatic heterocycles. The van der Waals surface area contributed by atoms with Crippen molar-refractivity contribution in [3.05, 3.63) is 36.0 Å². The molecule has 88 valence electrons. The fourth-order valence-electron chi connectivity index (χ4n) is 2.40. The molecule has 3 heteroatoms. The molecule has 3 rings (SSSR count). The molecule has 0 saturated heterocycles. The van der Waals surface area contributed by atoms with Crippen LogP contribution in [0.5, 0.6) is 0 Å². The Morgan fingerprint density at radius 2 is 2.00 bits per heavy atom. The number of fused-ring (bicyclic) bond motifs is 1. The molecule has 0 amide bonds. The highest BCUT2D eigenvalue weighted by Crippen LogP contribution is 2.23. The maximum Gasteiger partial charge on any atom is 0.355 e. The normalized spacial score (nSPS) is 16.5. The van der Waals surface area contributed by atoms with E-state index in [9.17, 15) is 4.79 Å². The molecule has 3 nitrogen and oxygen atoms in total. The standard InChI is InChI=1S/C14H15NO2/c16-14(17-11-6-2-3-7-11)13-9-10-5-1-4-8-12(10)15-13/h1,4-5,8-9,11,15H,2-3,6-7H2. The Balaban J connectivity index is 1.80. The molecular formula is C14H15NO2. The molecule has 0 radical (unpaired) electrons. The smallest absolute Gasteiger partial charge is 0.355 e. The zero-order chi connectivity index (χ0) is 11.7. The molecule has 1 fully saturated rings. The minimum atomic E-state index is -0.229. The van der Waals surface area contributed by atoms with E-state index in [0.29, 0.717) is 5.69 Å². The molecule has 1 aliphatic rings. The Morgan fingerprint density at radius 1 is 1.24 bits per heavy atom. The van der Waals surface area contributed by atoms with Crippen LogP contribution in [0.1, 0.15) is 36.2 Å². The van der Waals surface area contributed by atoms with Gasteiger partial charge in [-0.15, -0.1) is 0 Å². The van der Waals surface area contributed by atoms with Crippen LogP contribution >= 0.6 is 0 Å². The first kappa shape index (κ1) is 10.4. The Morgan fingerprint density at radius 3 is 2.76 bits per heavy atom. The summed E-state index contributed by atoms with van der Waals surface area (Å²) in [7, 11) is 0. The van der Waals surface area contributed by atoms with Crippen LogP contribution < -0.4 is 0 Å². The van der Waals surface area contributed by atoms with E-state index in [1.54, 1.807) is 0 Å². The number of rotatable bonds is 2. The van der Waals surface area contributed by atoms with Crippen molar-refractivity contribution in [2.24, 2.45) is 0 Å². The van der Waals surface area contributed by atoms with Crippen LogP contribution in [0.3, 0.4) is 0 Å². The lowest BCUT2D eigenvalue weighted by Gasteiger charge is -2.09. The van der Waals surface area contributed by atoms with Crippen LogP contribution in [0, 0.1) is 0 Å². The molecule has 0 unspecified atom stereocenters. The molecule has 1 heterocycles. The summed E-state index contributed by atoms with van der Waals surface area (Å²) in [5.41, 5.74) is 1.53. The van der Waals surface area contributed by atoms with Crippen LogP contribution in [-0.4, -0.2) is 17.1 Å². The number of ether oxygens (including phenoxy) is 1. The van der Waals surface area contributed by atoms with E-state index in [1.807, 2.05) is 30.3 Å². The molecule has 2 aromatic rings. The van der Waals surface area contributed by atoms with Gasteiger partial charge in [0.1, 0.15) is 11.8 Å². The molecule has 1 aromatic carbocycles. The van der Waals surface area contributed by atoms with Gasteiger partial charge in [-0.3, -0.25) is 0 Å². The minimum Gasteiger partial charge on any atom is -0.458 e. The lowest BCUT2D eigenvalue weighted by atomic mass is 10.2. The first-order valence-electron chi connectivity index (χ1n) is 6.12. The minimum absolute atomic E-state index is 0.119. The van der Waals surface area contributed by atoms with E-state index in [2.05, 4.69) is 4.98 Å². The number of nitrogens with one attached hydrogen (secondary N) is 1. The summed E-state index contributed by atoms with van der Waals surface area (Å²) in [6.07, 6.45) is 4.47. The predicted molar refractivity (Wildman–Crippen MR) is 66.0 cm³/mol. The van der Waals surface area contributed by atoms with E-state index in [4.69, 9.17) is 4.74 Å². The van der Waals surface area contributed by atoms with E-state index < -0.39 is 0 Å². The van der Waals surface area contributed by atoms with Gasteiger partial charge < -0.3 is 9.72 Å². The molecule has 17 heavy (non-hydrogen) atoms. The van der Waals surface area contributed by atoms with Crippen molar-refractivity contribution >= 4 is 16.9 Å². The Kier molecular flexibility index (Phi) is 2.59. The molecule has 0 bridgehead atoms. The molecule has 0 spiro atoms. The molecule has 1 N–H and O–H groups in total. The maximum atomic E-state index is 11.9. The zero-order valence-electron chi connectivity index (χ0n) is 9.61. The molecule has 0 atom stereocenters. The first-order chi connectivity index (χ1) is 8.33. The summed E-state index contributed by atoms with van der Waals surface area (Å²) in [5.74, 6) is -0.229. The topological polar surface area (TPSA) is 42.1 Å². The number of aromatic amines is 1. The van der Waals surface area contributed by atoms with Gasteiger partial charge in [0.05, 0.1) is 0 Å². The molecular weight excluding hydrogens is 214 g/mol. The summed E-state index contributed by atoms with van der Waals surface area (Å²) in [5, 5.41) is 1.05. The van der Waals surface area contributed by atoms with Crippen molar-refractivity contribution < 1.29 is 9.53 Å². The number of hydrogen-bond donors (Lipinski definition) is 1. The molecule has 1 aromatic heterocycles. The second-order valence-corrected chi connectivity index (χ2v) is 4.58. The van der Waals surface area contributed by atoms with Crippen molar-refractivity contribution in [1.82, 2.24) is 4.98 Å². The average Bonchev–Trinajstić information content (AvgIpc) is 2.96. The second-order valence-electron chi connectivity index (χ2n) is 4.58. The largest absolute Gasteiger partial charge is 0.458 e. The van der Waals surface area contributed by atoms with E-state index in [-0.39, 0.29) is 12.1 Å². The quantitative estimate of drug-likeness (QED) is 0.803. The van der Waals surface area contributed by atoms with Crippen LogP contribution in [0.4, 0.5) is 0 Å².